The zero-order chi connectivity index (χ0) is 23.6. The van der Waals surface area contributed by atoms with Gasteiger partial charge < -0.3 is 9.26 Å². The molecule has 174 valence electrons. The fourth-order valence-corrected chi connectivity index (χ4v) is 5.58. The SMILES string of the molecule is CCCn1c(=O)sc2cc(S(=O)(=O)N(C)Cc3nc(-c4ccc(OCC)cc4)no3)ccc21. The highest BCUT2D eigenvalue weighted by atomic mass is 32.2. The van der Waals surface area contributed by atoms with Crippen molar-refractivity contribution in [3.8, 4) is 17.1 Å². The predicted octanol–water partition coefficient (Wildman–Crippen LogP) is 3.74. The lowest BCUT2D eigenvalue weighted by Crippen LogP contribution is -2.26. The summed E-state index contributed by atoms with van der Waals surface area (Å²) in [6, 6.07) is 12.0. The van der Waals surface area contributed by atoms with Crippen molar-refractivity contribution in [2.75, 3.05) is 13.7 Å². The van der Waals surface area contributed by atoms with Gasteiger partial charge in [0, 0.05) is 19.2 Å². The molecule has 0 aliphatic carbocycles. The molecular formula is C22H24N4O5S2. The molecule has 0 amide bonds. The van der Waals surface area contributed by atoms with E-state index in [0.717, 1.165) is 38.9 Å². The molecule has 0 spiro atoms. The van der Waals surface area contributed by atoms with E-state index in [0.29, 0.717) is 23.7 Å². The maximum absolute atomic E-state index is 13.1. The molecule has 9 nitrogen and oxygen atoms in total. The fraction of sp³-hybridized carbons (Fsp3) is 0.318. The molecule has 4 aromatic rings. The molecule has 0 fully saturated rings. The average molecular weight is 489 g/mol. The van der Waals surface area contributed by atoms with Crippen molar-refractivity contribution in [2.24, 2.45) is 0 Å². The molecule has 0 aliphatic rings. The van der Waals surface area contributed by atoms with E-state index in [1.807, 2.05) is 38.1 Å². The lowest BCUT2D eigenvalue weighted by molar-refractivity contribution is 0.336. The summed E-state index contributed by atoms with van der Waals surface area (Å²) in [7, 11) is -2.38. The number of benzene rings is 2. The standard InChI is InChI=1S/C22H24N4O5S2/c1-4-12-26-18-11-10-17(13-19(18)32-22(26)27)33(28,29)25(3)14-20-23-21(24-31-20)15-6-8-16(9-7-15)30-5-2/h6-11,13H,4-5,12,14H2,1-3H3. The quantitative estimate of drug-likeness (QED) is 0.353. The van der Waals surface area contributed by atoms with Crippen molar-refractivity contribution in [3.05, 3.63) is 58.0 Å². The molecule has 2 heterocycles. The van der Waals surface area contributed by atoms with Crippen LogP contribution < -0.4 is 9.61 Å². The summed E-state index contributed by atoms with van der Waals surface area (Å²) in [6.07, 6.45) is 0.817. The topological polar surface area (TPSA) is 108 Å². The second-order valence-electron chi connectivity index (χ2n) is 7.38. The molecule has 0 N–H and O–H groups in total. The first kappa shape index (κ1) is 23.1. The van der Waals surface area contributed by atoms with Gasteiger partial charge in [-0.1, -0.05) is 23.4 Å². The highest BCUT2D eigenvalue weighted by molar-refractivity contribution is 7.89. The molecule has 0 saturated heterocycles. The Morgan fingerprint density at radius 3 is 2.61 bits per heavy atom. The van der Waals surface area contributed by atoms with Gasteiger partial charge in [-0.05, 0) is 55.8 Å². The molecule has 2 aromatic carbocycles. The van der Waals surface area contributed by atoms with Gasteiger partial charge in [-0.15, -0.1) is 0 Å². The summed E-state index contributed by atoms with van der Waals surface area (Å²) < 4.78 is 40.4. The third-order valence-electron chi connectivity index (χ3n) is 5.04. The highest BCUT2D eigenvalue weighted by Crippen LogP contribution is 2.25. The molecule has 0 atom stereocenters. The number of aromatic nitrogens is 3. The number of rotatable bonds is 9. The van der Waals surface area contributed by atoms with Crippen LogP contribution in [0.1, 0.15) is 26.2 Å². The Morgan fingerprint density at radius 1 is 1.15 bits per heavy atom. The molecule has 4 rings (SSSR count). The number of aryl methyl sites for hydroxylation is 1. The summed E-state index contributed by atoms with van der Waals surface area (Å²) >= 11 is 1.04. The van der Waals surface area contributed by atoms with Gasteiger partial charge in [-0.3, -0.25) is 9.36 Å². The van der Waals surface area contributed by atoms with Crippen molar-refractivity contribution in [3.63, 3.8) is 0 Å². The first-order valence-electron chi connectivity index (χ1n) is 10.5. The summed E-state index contributed by atoms with van der Waals surface area (Å²) in [4.78, 5) is 16.6. The van der Waals surface area contributed by atoms with Gasteiger partial charge in [0.15, 0.2) is 0 Å². The molecule has 0 saturated carbocycles. The van der Waals surface area contributed by atoms with E-state index in [1.165, 1.54) is 13.1 Å². The second kappa shape index (κ2) is 9.46. The number of nitrogens with zero attached hydrogens (tertiary/aromatic N) is 4. The van der Waals surface area contributed by atoms with Crippen LogP contribution in [0, 0.1) is 0 Å². The zero-order valence-electron chi connectivity index (χ0n) is 18.5. The fourth-order valence-electron chi connectivity index (χ4n) is 3.40. The van der Waals surface area contributed by atoms with Crippen molar-refractivity contribution in [2.45, 2.75) is 38.3 Å². The normalized spacial score (nSPS) is 12.0. The minimum atomic E-state index is -3.83. The number of hydrogen-bond acceptors (Lipinski definition) is 8. The number of sulfonamides is 1. The van der Waals surface area contributed by atoms with E-state index in [2.05, 4.69) is 10.1 Å². The summed E-state index contributed by atoms with van der Waals surface area (Å²) in [5.41, 5.74) is 1.47. The highest BCUT2D eigenvalue weighted by Gasteiger charge is 2.24. The Kier molecular flexibility index (Phi) is 6.63. The molecule has 0 bridgehead atoms. The molecule has 11 heteroatoms. The Morgan fingerprint density at radius 2 is 1.91 bits per heavy atom. The maximum atomic E-state index is 13.1. The largest absolute Gasteiger partial charge is 0.494 e. The maximum Gasteiger partial charge on any atom is 0.308 e. The van der Waals surface area contributed by atoms with Crippen molar-refractivity contribution in [1.82, 2.24) is 19.0 Å². The van der Waals surface area contributed by atoms with E-state index in [-0.39, 0.29) is 22.2 Å². The van der Waals surface area contributed by atoms with Crippen molar-refractivity contribution < 1.29 is 17.7 Å². The van der Waals surface area contributed by atoms with E-state index in [9.17, 15) is 13.2 Å². The van der Waals surface area contributed by atoms with Crippen molar-refractivity contribution >= 4 is 31.6 Å². The van der Waals surface area contributed by atoms with Crippen LogP contribution in [0.25, 0.3) is 21.6 Å². The smallest absolute Gasteiger partial charge is 0.308 e. The first-order chi connectivity index (χ1) is 15.8. The molecule has 2 aromatic heterocycles. The zero-order valence-corrected chi connectivity index (χ0v) is 20.1. The van der Waals surface area contributed by atoms with E-state index in [4.69, 9.17) is 9.26 Å². The van der Waals surface area contributed by atoms with Gasteiger partial charge >= 0.3 is 4.87 Å². The summed E-state index contributed by atoms with van der Waals surface area (Å²) in [5.74, 6) is 1.27. The average Bonchev–Trinajstić information content (AvgIpc) is 3.38. The lowest BCUT2D eigenvalue weighted by atomic mass is 10.2. The Labute approximate surface area is 195 Å². The number of hydrogen-bond donors (Lipinski definition) is 0. The van der Waals surface area contributed by atoms with Gasteiger partial charge in [0.2, 0.25) is 21.7 Å². The molecular weight excluding hydrogens is 464 g/mol. The number of thiazole rings is 1. The Balaban J connectivity index is 1.53. The third-order valence-corrected chi connectivity index (χ3v) is 7.79. The van der Waals surface area contributed by atoms with Crippen LogP contribution in [0.3, 0.4) is 0 Å². The van der Waals surface area contributed by atoms with Crippen LogP contribution in [0.5, 0.6) is 5.75 Å². The monoisotopic (exact) mass is 488 g/mol. The Hall–Kier alpha value is -3.02. The molecule has 0 unspecified atom stereocenters. The van der Waals surface area contributed by atoms with Crippen LogP contribution in [0.2, 0.25) is 0 Å². The van der Waals surface area contributed by atoms with E-state index < -0.39 is 10.0 Å². The molecule has 0 aliphatic heterocycles. The van der Waals surface area contributed by atoms with E-state index >= 15 is 0 Å². The lowest BCUT2D eigenvalue weighted by Gasteiger charge is -2.15. The Bertz CT molecular complexity index is 1420. The second-order valence-corrected chi connectivity index (χ2v) is 10.4. The van der Waals surface area contributed by atoms with Gasteiger partial charge in [-0.25, -0.2) is 8.42 Å². The van der Waals surface area contributed by atoms with Gasteiger partial charge in [-0.2, -0.15) is 9.29 Å². The minimum absolute atomic E-state index is 0.0858. The van der Waals surface area contributed by atoms with Gasteiger partial charge in [0.1, 0.15) is 5.75 Å². The van der Waals surface area contributed by atoms with Crippen LogP contribution >= 0.6 is 11.3 Å². The minimum Gasteiger partial charge on any atom is -0.494 e. The van der Waals surface area contributed by atoms with Crippen LogP contribution in [-0.4, -0.2) is 41.1 Å². The predicted molar refractivity (Wildman–Crippen MR) is 126 cm³/mol. The number of ether oxygens (including phenoxy) is 1. The van der Waals surface area contributed by atoms with Crippen LogP contribution in [0.4, 0.5) is 0 Å². The summed E-state index contributed by atoms with van der Waals surface area (Å²) in [5, 5.41) is 3.96. The van der Waals surface area contributed by atoms with Gasteiger partial charge in [0.05, 0.1) is 28.3 Å². The third kappa shape index (κ3) is 4.70. The first-order valence-corrected chi connectivity index (χ1v) is 12.7. The van der Waals surface area contributed by atoms with Gasteiger partial charge in [0.25, 0.3) is 0 Å². The number of fused-ring (bicyclic) bond motifs is 1. The molecule has 33 heavy (non-hydrogen) atoms. The van der Waals surface area contributed by atoms with E-state index in [1.54, 1.807) is 16.7 Å². The van der Waals surface area contributed by atoms with Crippen LogP contribution in [-0.2, 0) is 23.1 Å². The van der Waals surface area contributed by atoms with Crippen LogP contribution in [0.15, 0.2) is 56.7 Å². The van der Waals surface area contributed by atoms with Crippen molar-refractivity contribution in [1.29, 1.82) is 0 Å². The molecule has 0 radical (unpaired) electrons. The summed E-state index contributed by atoms with van der Waals surface area (Å²) in [6.45, 7) is 4.98.